The maximum absolute atomic E-state index is 2.99. The Morgan fingerprint density at radius 2 is 1.37 bits per heavy atom. The molecule has 88 valence electrons. The molecule has 1 heteroatoms. The maximum atomic E-state index is 2.99. The van der Waals surface area contributed by atoms with Gasteiger partial charge in [0.05, 0.1) is 0 Å². The van der Waals surface area contributed by atoms with Crippen LogP contribution in [-0.2, 0) is 6.42 Å². The van der Waals surface area contributed by atoms with Crippen molar-refractivity contribution in [2.45, 2.75) is 12.8 Å². The molecule has 0 aromatic heterocycles. The molecule has 2 aliphatic carbocycles. The summed E-state index contributed by atoms with van der Waals surface area (Å²) in [6, 6.07) is 17.3. The molecule has 19 heavy (non-hydrogen) atoms. The molecule has 0 N–H and O–H groups in total. The predicted octanol–water partition coefficient (Wildman–Crippen LogP) is 1.57. The normalized spacial score (nSPS) is 13.1. The van der Waals surface area contributed by atoms with Crippen molar-refractivity contribution >= 4 is 0 Å². The minimum atomic E-state index is 0. The van der Waals surface area contributed by atoms with E-state index in [4.69, 9.17) is 0 Å². The minimum Gasteiger partial charge on any atom is -0.273 e. The Labute approximate surface area is 127 Å². The fraction of sp³-hybridized carbons (Fsp3) is 0.111. The van der Waals surface area contributed by atoms with Gasteiger partial charge in [-0.05, 0) is 28.7 Å². The van der Waals surface area contributed by atoms with Crippen molar-refractivity contribution in [1.29, 1.82) is 0 Å². The Kier molecular flexibility index (Phi) is 4.85. The van der Waals surface area contributed by atoms with Gasteiger partial charge in [-0.15, -0.1) is 6.42 Å². The topological polar surface area (TPSA) is 0 Å². The molecule has 0 bridgehead atoms. The second-order valence-electron chi connectivity index (χ2n) is 4.49. The van der Waals surface area contributed by atoms with Gasteiger partial charge in [0.2, 0.25) is 0 Å². The molecule has 2 aromatic carbocycles. The Bertz CT molecular complexity index is 555. The van der Waals surface area contributed by atoms with Gasteiger partial charge in [-0.3, -0.25) is 6.08 Å². The van der Waals surface area contributed by atoms with E-state index in [1.807, 2.05) is 12.2 Å². The summed E-state index contributed by atoms with van der Waals surface area (Å²) in [5.74, 6) is 0. The Morgan fingerprint density at radius 1 is 0.789 bits per heavy atom. The Hall–Kier alpha value is -1.48. The van der Waals surface area contributed by atoms with Crippen LogP contribution in [0.15, 0.2) is 66.8 Å². The van der Waals surface area contributed by atoms with Crippen molar-refractivity contribution in [3.63, 3.8) is 0 Å². The van der Waals surface area contributed by atoms with Crippen molar-refractivity contribution in [3.05, 3.63) is 84.0 Å². The first-order valence-corrected chi connectivity index (χ1v) is 6.33. The molecule has 0 radical (unpaired) electrons. The van der Waals surface area contributed by atoms with E-state index in [1.165, 1.54) is 22.3 Å². The number of fused-ring (bicyclic) bond motifs is 3. The van der Waals surface area contributed by atoms with E-state index < -0.39 is 0 Å². The van der Waals surface area contributed by atoms with Crippen LogP contribution in [0.3, 0.4) is 0 Å². The molecule has 2 aliphatic rings. The molecule has 0 saturated heterocycles. The van der Waals surface area contributed by atoms with E-state index >= 15 is 0 Å². The van der Waals surface area contributed by atoms with Crippen LogP contribution in [0, 0.1) is 6.08 Å². The van der Waals surface area contributed by atoms with Gasteiger partial charge in [-0.25, -0.2) is 12.2 Å². The molecule has 0 spiro atoms. The van der Waals surface area contributed by atoms with Crippen LogP contribution >= 0.6 is 0 Å². The Balaban J connectivity index is 0.000000190. The Morgan fingerprint density at radius 3 is 1.79 bits per heavy atom. The third-order valence-corrected chi connectivity index (χ3v) is 3.29. The standard InChI is InChI=1S/C13H10.C5H5.Li/c1-3-7-12-10(5-1)9-11-6-2-4-8-13(11)12;1-2-4-5-3-1;/h1-8H,9H2;1-3H,4H2;/q;-1;+1. The van der Waals surface area contributed by atoms with Crippen LogP contribution in [0.25, 0.3) is 11.1 Å². The molecule has 0 nitrogen and oxygen atoms in total. The van der Waals surface area contributed by atoms with Crippen molar-refractivity contribution < 1.29 is 18.9 Å². The zero-order valence-corrected chi connectivity index (χ0v) is 11.3. The number of benzene rings is 2. The average molecular weight is 238 g/mol. The van der Waals surface area contributed by atoms with Crippen LogP contribution in [-0.4, -0.2) is 0 Å². The van der Waals surface area contributed by atoms with Crippen molar-refractivity contribution in [1.82, 2.24) is 0 Å². The zero-order valence-electron chi connectivity index (χ0n) is 11.3. The van der Waals surface area contributed by atoms with Crippen molar-refractivity contribution in [3.8, 4) is 11.1 Å². The summed E-state index contributed by atoms with van der Waals surface area (Å²) in [7, 11) is 0. The molecule has 0 heterocycles. The first-order chi connectivity index (χ1) is 8.95. The van der Waals surface area contributed by atoms with Gasteiger partial charge in [0.1, 0.15) is 0 Å². The molecular weight excluding hydrogens is 223 g/mol. The smallest absolute Gasteiger partial charge is 0.273 e. The summed E-state index contributed by atoms with van der Waals surface area (Å²) < 4.78 is 0. The van der Waals surface area contributed by atoms with E-state index in [0.717, 1.165) is 12.8 Å². The van der Waals surface area contributed by atoms with Gasteiger partial charge >= 0.3 is 18.9 Å². The zero-order chi connectivity index (χ0) is 12.2. The number of allylic oxidation sites excluding steroid dienone is 4. The van der Waals surface area contributed by atoms with Crippen molar-refractivity contribution in [2.75, 3.05) is 0 Å². The average Bonchev–Trinajstić information content (AvgIpc) is 3.10. The molecule has 2 aromatic rings. The largest absolute Gasteiger partial charge is 1.00 e. The summed E-state index contributed by atoms with van der Waals surface area (Å²) in [4.78, 5) is 0. The second-order valence-corrected chi connectivity index (χ2v) is 4.49. The van der Waals surface area contributed by atoms with E-state index in [-0.39, 0.29) is 18.9 Å². The molecule has 0 aliphatic heterocycles. The van der Waals surface area contributed by atoms with Gasteiger partial charge in [0.15, 0.2) is 0 Å². The third-order valence-electron chi connectivity index (χ3n) is 3.29. The first kappa shape index (κ1) is 13.9. The van der Waals surface area contributed by atoms with E-state index in [1.54, 1.807) is 0 Å². The van der Waals surface area contributed by atoms with Gasteiger partial charge in [-0.1, -0.05) is 48.5 Å². The van der Waals surface area contributed by atoms with Gasteiger partial charge in [0, 0.05) is 0 Å². The fourth-order valence-corrected chi connectivity index (χ4v) is 2.42. The molecule has 4 rings (SSSR count). The van der Waals surface area contributed by atoms with Crippen LogP contribution in [0.4, 0.5) is 0 Å². The third kappa shape index (κ3) is 3.10. The van der Waals surface area contributed by atoms with Crippen molar-refractivity contribution in [2.24, 2.45) is 0 Å². The fourth-order valence-electron chi connectivity index (χ4n) is 2.42. The predicted molar refractivity (Wildman–Crippen MR) is 76.3 cm³/mol. The summed E-state index contributed by atoms with van der Waals surface area (Å²) in [6.07, 6.45) is 11.1. The molecular formula is C18H15Li. The van der Waals surface area contributed by atoms with E-state index in [0.29, 0.717) is 0 Å². The number of rotatable bonds is 0. The number of hydrogen-bond donors (Lipinski definition) is 0. The summed E-state index contributed by atoms with van der Waals surface area (Å²) in [5.41, 5.74) is 5.75. The van der Waals surface area contributed by atoms with Gasteiger partial charge in [0.25, 0.3) is 0 Å². The van der Waals surface area contributed by atoms with Gasteiger partial charge in [-0.2, -0.15) is 6.08 Å². The maximum Gasteiger partial charge on any atom is 1.00 e. The van der Waals surface area contributed by atoms with Crippen LogP contribution in [0.1, 0.15) is 17.5 Å². The number of hydrogen-bond acceptors (Lipinski definition) is 0. The van der Waals surface area contributed by atoms with Gasteiger partial charge < -0.3 is 0 Å². The van der Waals surface area contributed by atoms with E-state index in [9.17, 15) is 0 Å². The second kappa shape index (κ2) is 6.62. The molecule has 0 amide bonds. The van der Waals surface area contributed by atoms with Crippen LogP contribution < -0.4 is 18.9 Å². The molecule has 0 saturated carbocycles. The van der Waals surface area contributed by atoms with Crippen LogP contribution in [0.5, 0.6) is 0 Å². The molecule has 0 atom stereocenters. The van der Waals surface area contributed by atoms with E-state index in [2.05, 4.69) is 60.7 Å². The molecule has 0 fully saturated rings. The minimum absolute atomic E-state index is 0. The first-order valence-electron chi connectivity index (χ1n) is 6.33. The summed E-state index contributed by atoms with van der Waals surface area (Å²) >= 11 is 0. The summed E-state index contributed by atoms with van der Waals surface area (Å²) in [6.45, 7) is 0. The quantitative estimate of drug-likeness (QED) is 0.412. The monoisotopic (exact) mass is 238 g/mol. The van der Waals surface area contributed by atoms with Crippen LogP contribution in [0.2, 0.25) is 0 Å². The summed E-state index contributed by atoms with van der Waals surface area (Å²) in [5, 5.41) is 0. The SMILES string of the molecule is [C-]1=CC=CC1.[Li+].c1ccc2c(c1)Cc1ccccc1-2. The molecule has 0 unspecified atom stereocenters.